The summed E-state index contributed by atoms with van der Waals surface area (Å²) >= 11 is 0. The Bertz CT molecular complexity index is 1070. The maximum Gasteiger partial charge on any atom is 0.262 e. The molecule has 0 spiro atoms. The number of para-hydroxylation sites is 1. The fourth-order valence-corrected chi connectivity index (χ4v) is 2.83. The van der Waals surface area contributed by atoms with Gasteiger partial charge in [-0.25, -0.2) is 4.98 Å². The molecule has 4 rings (SSSR count). The summed E-state index contributed by atoms with van der Waals surface area (Å²) in [7, 11) is 0. The van der Waals surface area contributed by atoms with Crippen LogP contribution in [0.3, 0.4) is 0 Å². The van der Waals surface area contributed by atoms with Crippen LogP contribution in [0.15, 0.2) is 72.8 Å². The molecule has 0 unspecified atom stereocenters. The highest BCUT2D eigenvalue weighted by molar-refractivity contribution is 5.92. The Morgan fingerprint density at radius 3 is 2.59 bits per heavy atom. The van der Waals surface area contributed by atoms with E-state index in [-0.39, 0.29) is 12.5 Å². The number of aromatic amines is 1. The summed E-state index contributed by atoms with van der Waals surface area (Å²) in [4.78, 5) is 20.0. The van der Waals surface area contributed by atoms with Crippen molar-refractivity contribution in [1.82, 2.24) is 9.97 Å². The van der Waals surface area contributed by atoms with Crippen molar-refractivity contribution in [2.75, 3.05) is 11.9 Å². The number of aryl methyl sites for hydroxylation is 1. The molecule has 0 aliphatic carbocycles. The van der Waals surface area contributed by atoms with E-state index in [1.165, 1.54) is 5.56 Å². The van der Waals surface area contributed by atoms with E-state index in [9.17, 15) is 4.79 Å². The molecule has 134 valence electrons. The molecule has 5 heteroatoms. The van der Waals surface area contributed by atoms with E-state index in [0.29, 0.717) is 11.4 Å². The molecule has 1 aromatic heterocycles. The van der Waals surface area contributed by atoms with Gasteiger partial charge in [0.25, 0.3) is 5.91 Å². The highest BCUT2D eigenvalue weighted by Crippen LogP contribution is 2.22. The number of anilines is 1. The minimum Gasteiger partial charge on any atom is -0.484 e. The van der Waals surface area contributed by atoms with Gasteiger partial charge in [-0.2, -0.15) is 0 Å². The molecule has 4 aromatic rings. The molecule has 0 atom stereocenters. The molecule has 2 N–H and O–H groups in total. The highest BCUT2D eigenvalue weighted by Gasteiger charge is 2.07. The van der Waals surface area contributed by atoms with Gasteiger partial charge in [-0.15, -0.1) is 0 Å². The fourth-order valence-electron chi connectivity index (χ4n) is 2.83. The normalized spacial score (nSPS) is 10.7. The minimum atomic E-state index is -0.203. The van der Waals surface area contributed by atoms with Crippen LogP contribution in [-0.2, 0) is 4.79 Å². The predicted molar refractivity (Wildman–Crippen MR) is 107 cm³/mol. The predicted octanol–water partition coefficient (Wildman–Crippen LogP) is 4.56. The average molecular weight is 357 g/mol. The Labute approximate surface area is 157 Å². The summed E-state index contributed by atoms with van der Waals surface area (Å²) in [6.07, 6.45) is 0. The lowest BCUT2D eigenvalue weighted by Gasteiger charge is -2.07. The van der Waals surface area contributed by atoms with Crippen LogP contribution >= 0.6 is 0 Å². The Kier molecular flexibility index (Phi) is 4.58. The van der Waals surface area contributed by atoms with Crippen LogP contribution in [0.25, 0.3) is 22.4 Å². The van der Waals surface area contributed by atoms with Crippen molar-refractivity contribution in [3.63, 3.8) is 0 Å². The van der Waals surface area contributed by atoms with Gasteiger partial charge in [0.05, 0.1) is 11.0 Å². The molecular formula is C22H19N3O2. The number of nitrogens with one attached hydrogen (secondary N) is 2. The molecule has 27 heavy (non-hydrogen) atoms. The third-order valence-corrected chi connectivity index (χ3v) is 4.19. The zero-order valence-electron chi connectivity index (χ0n) is 14.9. The van der Waals surface area contributed by atoms with Gasteiger partial charge in [-0.05, 0) is 61.0 Å². The quantitative estimate of drug-likeness (QED) is 0.550. The van der Waals surface area contributed by atoms with Crippen LogP contribution in [0.4, 0.5) is 5.69 Å². The number of rotatable bonds is 5. The SMILES string of the molecule is Cc1ccc2[nH]c(-c3ccc(NC(=O)COc4ccccc4)cc3)nc2c1. The summed E-state index contributed by atoms with van der Waals surface area (Å²) in [6.45, 7) is 2.02. The van der Waals surface area contributed by atoms with Crippen LogP contribution < -0.4 is 10.1 Å². The first-order valence-corrected chi connectivity index (χ1v) is 8.72. The Balaban J connectivity index is 1.41. The number of hydrogen-bond donors (Lipinski definition) is 2. The third-order valence-electron chi connectivity index (χ3n) is 4.19. The maximum absolute atomic E-state index is 12.0. The van der Waals surface area contributed by atoms with Gasteiger partial charge in [0.1, 0.15) is 11.6 Å². The molecule has 1 amide bonds. The first-order chi connectivity index (χ1) is 13.2. The van der Waals surface area contributed by atoms with Crippen LogP contribution in [0.1, 0.15) is 5.56 Å². The van der Waals surface area contributed by atoms with Gasteiger partial charge >= 0.3 is 0 Å². The number of fused-ring (bicyclic) bond motifs is 1. The maximum atomic E-state index is 12.0. The van der Waals surface area contributed by atoms with Crippen molar-refractivity contribution in [3.8, 4) is 17.1 Å². The second kappa shape index (κ2) is 7.33. The second-order valence-electron chi connectivity index (χ2n) is 6.33. The largest absolute Gasteiger partial charge is 0.484 e. The fraction of sp³-hybridized carbons (Fsp3) is 0.0909. The van der Waals surface area contributed by atoms with Crippen molar-refractivity contribution in [2.45, 2.75) is 6.92 Å². The summed E-state index contributed by atoms with van der Waals surface area (Å²) in [5.74, 6) is 1.27. The summed E-state index contributed by atoms with van der Waals surface area (Å²) in [5.41, 5.74) is 4.80. The highest BCUT2D eigenvalue weighted by atomic mass is 16.5. The number of benzene rings is 3. The van der Waals surface area contributed by atoms with Crippen molar-refractivity contribution in [3.05, 3.63) is 78.4 Å². The molecule has 0 saturated carbocycles. The van der Waals surface area contributed by atoms with Gasteiger partial charge in [0.2, 0.25) is 0 Å². The molecule has 0 aliphatic heterocycles. The average Bonchev–Trinajstić information content (AvgIpc) is 3.11. The van der Waals surface area contributed by atoms with E-state index in [1.807, 2.05) is 67.6 Å². The molecule has 0 radical (unpaired) electrons. The second-order valence-corrected chi connectivity index (χ2v) is 6.33. The van der Waals surface area contributed by atoms with Gasteiger partial charge < -0.3 is 15.0 Å². The van der Waals surface area contributed by atoms with Crippen molar-refractivity contribution in [1.29, 1.82) is 0 Å². The minimum absolute atomic E-state index is 0.0330. The van der Waals surface area contributed by atoms with Crippen molar-refractivity contribution >= 4 is 22.6 Å². The van der Waals surface area contributed by atoms with E-state index in [0.717, 1.165) is 22.4 Å². The lowest BCUT2D eigenvalue weighted by molar-refractivity contribution is -0.118. The van der Waals surface area contributed by atoms with Crippen molar-refractivity contribution in [2.24, 2.45) is 0 Å². The zero-order chi connectivity index (χ0) is 18.6. The van der Waals surface area contributed by atoms with E-state index >= 15 is 0 Å². The van der Waals surface area contributed by atoms with E-state index in [4.69, 9.17) is 4.74 Å². The Hall–Kier alpha value is -3.60. The van der Waals surface area contributed by atoms with E-state index < -0.39 is 0 Å². The van der Waals surface area contributed by atoms with E-state index in [2.05, 4.69) is 27.4 Å². The molecule has 0 bridgehead atoms. The molecule has 0 fully saturated rings. The Morgan fingerprint density at radius 2 is 1.81 bits per heavy atom. The van der Waals surface area contributed by atoms with Crippen LogP contribution in [0, 0.1) is 6.92 Å². The van der Waals surface area contributed by atoms with Gasteiger partial charge in [0, 0.05) is 11.3 Å². The van der Waals surface area contributed by atoms with Crippen molar-refractivity contribution < 1.29 is 9.53 Å². The smallest absolute Gasteiger partial charge is 0.262 e. The monoisotopic (exact) mass is 357 g/mol. The number of ether oxygens (including phenoxy) is 1. The number of carbonyl (C=O) groups is 1. The molecular weight excluding hydrogens is 338 g/mol. The lowest BCUT2D eigenvalue weighted by atomic mass is 10.2. The van der Waals surface area contributed by atoms with Gasteiger partial charge in [-0.3, -0.25) is 4.79 Å². The standard InChI is InChI=1S/C22H19N3O2/c1-15-7-12-19-20(13-15)25-22(24-19)16-8-10-17(11-9-16)23-21(26)14-27-18-5-3-2-4-6-18/h2-13H,14H2,1H3,(H,23,26)(H,24,25). The summed E-state index contributed by atoms with van der Waals surface area (Å²) < 4.78 is 5.45. The van der Waals surface area contributed by atoms with Crippen LogP contribution in [-0.4, -0.2) is 22.5 Å². The molecule has 5 nitrogen and oxygen atoms in total. The van der Waals surface area contributed by atoms with Crippen LogP contribution in [0.2, 0.25) is 0 Å². The number of amides is 1. The number of imidazole rings is 1. The van der Waals surface area contributed by atoms with Crippen LogP contribution in [0.5, 0.6) is 5.75 Å². The Morgan fingerprint density at radius 1 is 1.04 bits per heavy atom. The van der Waals surface area contributed by atoms with E-state index in [1.54, 1.807) is 0 Å². The van der Waals surface area contributed by atoms with Gasteiger partial charge in [-0.1, -0.05) is 24.3 Å². The number of hydrogen-bond acceptors (Lipinski definition) is 3. The number of H-pyrrole nitrogens is 1. The van der Waals surface area contributed by atoms with Gasteiger partial charge in [0.15, 0.2) is 6.61 Å². The number of aromatic nitrogens is 2. The first-order valence-electron chi connectivity index (χ1n) is 8.72. The lowest BCUT2D eigenvalue weighted by Crippen LogP contribution is -2.20. The third kappa shape index (κ3) is 3.98. The molecule has 1 heterocycles. The number of carbonyl (C=O) groups excluding carboxylic acids is 1. The topological polar surface area (TPSA) is 67.0 Å². The number of nitrogens with zero attached hydrogens (tertiary/aromatic N) is 1. The summed E-state index contributed by atoms with van der Waals surface area (Å²) in [6, 6.07) is 23.0. The molecule has 3 aromatic carbocycles. The molecule has 0 saturated heterocycles. The summed E-state index contributed by atoms with van der Waals surface area (Å²) in [5, 5.41) is 2.83. The first kappa shape index (κ1) is 16.8. The molecule has 0 aliphatic rings. The zero-order valence-corrected chi connectivity index (χ0v) is 14.9.